The van der Waals surface area contributed by atoms with Crippen LogP contribution in [-0.2, 0) is 16.0 Å². The lowest BCUT2D eigenvalue weighted by atomic mass is 10.1. The predicted molar refractivity (Wildman–Crippen MR) is 92.2 cm³/mol. The lowest BCUT2D eigenvalue weighted by Gasteiger charge is -2.07. The SMILES string of the molecule is O=C(Cc1coc2cc(O)ccc12)OCCOc1cccc(Br)c1. The molecule has 0 aliphatic carbocycles. The van der Waals surface area contributed by atoms with Gasteiger partial charge in [0.05, 0.1) is 12.7 Å². The first-order valence-corrected chi connectivity index (χ1v) is 8.14. The van der Waals surface area contributed by atoms with Gasteiger partial charge in [0, 0.05) is 21.5 Å². The minimum atomic E-state index is -0.358. The van der Waals surface area contributed by atoms with E-state index >= 15 is 0 Å². The Labute approximate surface area is 146 Å². The highest BCUT2D eigenvalue weighted by atomic mass is 79.9. The maximum absolute atomic E-state index is 11.9. The number of hydrogen-bond donors (Lipinski definition) is 1. The molecule has 0 fully saturated rings. The third kappa shape index (κ3) is 4.08. The number of carbonyl (C=O) groups excluding carboxylic acids is 1. The van der Waals surface area contributed by atoms with Gasteiger partial charge in [0.1, 0.15) is 30.3 Å². The number of halogens is 1. The van der Waals surface area contributed by atoms with Crippen LogP contribution in [0.3, 0.4) is 0 Å². The van der Waals surface area contributed by atoms with Crippen LogP contribution in [0.1, 0.15) is 5.56 Å². The van der Waals surface area contributed by atoms with Gasteiger partial charge in [-0.3, -0.25) is 4.79 Å². The number of esters is 1. The zero-order valence-electron chi connectivity index (χ0n) is 12.7. The Bertz CT molecular complexity index is 855. The Morgan fingerprint density at radius 3 is 2.88 bits per heavy atom. The summed E-state index contributed by atoms with van der Waals surface area (Å²) >= 11 is 3.36. The highest BCUT2D eigenvalue weighted by Gasteiger charge is 2.12. The molecule has 0 aliphatic heterocycles. The van der Waals surface area contributed by atoms with Gasteiger partial charge < -0.3 is 19.0 Å². The van der Waals surface area contributed by atoms with Crippen molar-refractivity contribution in [3.05, 3.63) is 58.8 Å². The summed E-state index contributed by atoms with van der Waals surface area (Å²) in [7, 11) is 0. The van der Waals surface area contributed by atoms with Gasteiger partial charge in [0.25, 0.3) is 0 Å². The summed E-state index contributed by atoms with van der Waals surface area (Å²) in [5.41, 5.74) is 1.26. The van der Waals surface area contributed by atoms with Crippen LogP contribution >= 0.6 is 15.9 Å². The molecule has 124 valence electrons. The van der Waals surface area contributed by atoms with Crippen molar-refractivity contribution < 1.29 is 23.8 Å². The summed E-state index contributed by atoms with van der Waals surface area (Å²) in [5.74, 6) is 0.473. The van der Waals surface area contributed by atoms with Crippen molar-refractivity contribution in [2.75, 3.05) is 13.2 Å². The van der Waals surface area contributed by atoms with Crippen LogP contribution in [0.2, 0.25) is 0 Å². The molecule has 0 unspecified atom stereocenters. The smallest absolute Gasteiger partial charge is 0.310 e. The number of ether oxygens (including phenoxy) is 2. The summed E-state index contributed by atoms with van der Waals surface area (Å²) in [6, 6.07) is 12.2. The van der Waals surface area contributed by atoms with E-state index < -0.39 is 0 Å². The van der Waals surface area contributed by atoms with Gasteiger partial charge in [-0.2, -0.15) is 0 Å². The number of carbonyl (C=O) groups is 1. The number of rotatable bonds is 6. The Morgan fingerprint density at radius 1 is 1.17 bits per heavy atom. The minimum Gasteiger partial charge on any atom is -0.508 e. The molecular weight excluding hydrogens is 376 g/mol. The van der Waals surface area contributed by atoms with Crippen molar-refractivity contribution in [2.45, 2.75) is 6.42 Å². The van der Waals surface area contributed by atoms with Gasteiger partial charge in [-0.15, -0.1) is 0 Å². The summed E-state index contributed by atoms with van der Waals surface area (Å²) in [6.45, 7) is 0.449. The molecule has 3 aromatic rings. The molecule has 3 rings (SSSR count). The van der Waals surface area contributed by atoms with Crippen LogP contribution in [0.15, 0.2) is 57.6 Å². The standard InChI is InChI=1S/C18H15BrO5/c19-13-2-1-3-15(9-13)22-6-7-23-18(21)8-12-11-24-17-10-14(20)4-5-16(12)17/h1-5,9-11,20H,6-8H2. The highest BCUT2D eigenvalue weighted by molar-refractivity contribution is 9.10. The Balaban J connectivity index is 1.48. The molecule has 0 saturated carbocycles. The van der Waals surface area contributed by atoms with Crippen molar-refractivity contribution >= 4 is 32.9 Å². The van der Waals surface area contributed by atoms with Gasteiger partial charge in [0.2, 0.25) is 0 Å². The molecule has 5 nitrogen and oxygen atoms in total. The van der Waals surface area contributed by atoms with Crippen LogP contribution in [0, 0.1) is 0 Å². The number of benzene rings is 2. The van der Waals surface area contributed by atoms with Gasteiger partial charge in [0.15, 0.2) is 0 Å². The number of phenolic OH excluding ortho intramolecular Hbond substituents is 1. The van der Waals surface area contributed by atoms with Crippen molar-refractivity contribution in [1.82, 2.24) is 0 Å². The van der Waals surface area contributed by atoms with Crippen molar-refractivity contribution in [1.29, 1.82) is 0 Å². The molecule has 1 N–H and O–H groups in total. The number of phenols is 1. The van der Waals surface area contributed by atoms with Crippen molar-refractivity contribution in [2.24, 2.45) is 0 Å². The molecule has 24 heavy (non-hydrogen) atoms. The van der Waals surface area contributed by atoms with E-state index in [0.717, 1.165) is 15.4 Å². The maximum atomic E-state index is 11.9. The van der Waals surface area contributed by atoms with E-state index in [1.807, 2.05) is 24.3 Å². The number of furan rings is 1. The summed E-state index contributed by atoms with van der Waals surface area (Å²) < 4.78 is 16.9. The third-order valence-electron chi connectivity index (χ3n) is 3.39. The van der Waals surface area contributed by atoms with E-state index in [1.165, 1.54) is 12.3 Å². The van der Waals surface area contributed by atoms with Gasteiger partial charge in [-0.1, -0.05) is 22.0 Å². The Kier molecular flexibility index (Phi) is 5.05. The van der Waals surface area contributed by atoms with E-state index in [1.54, 1.807) is 12.1 Å². The molecule has 1 aromatic heterocycles. The molecule has 0 aliphatic rings. The Hall–Kier alpha value is -2.47. The molecular formula is C18H15BrO5. The fourth-order valence-electron chi connectivity index (χ4n) is 2.29. The fourth-order valence-corrected chi connectivity index (χ4v) is 2.67. The molecule has 0 amide bonds. The molecule has 2 aromatic carbocycles. The van der Waals surface area contributed by atoms with E-state index in [4.69, 9.17) is 13.9 Å². The molecule has 0 saturated heterocycles. The van der Waals surface area contributed by atoms with Gasteiger partial charge in [-0.05, 0) is 30.3 Å². The van der Waals surface area contributed by atoms with Gasteiger partial charge in [-0.25, -0.2) is 0 Å². The molecule has 1 heterocycles. The van der Waals surface area contributed by atoms with Crippen LogP contribution in [0.25, 0.3) is 11.0 Å². The first-order chi connectivity index (χ1) is 11.6. The van der Waals surface area contributed by atoms with E-state index in [-0.39, 0.29) is 31.4 Å². The maximum Gasteiger partial charge on any atom is 0.310 e. The lowest BCUT2D eigenvalue weighted by Crippen LogP contribution is -2.13. The fraction of sp³-hybridized carbons (Fsp3) is 0.167. The topological polar surface area (TPSA) is 68.9 Å². The number of aromatic hydroxyl groups is 1. The highest BCUT2D eigenvalue weighted by Crippen LogP contribution is 2.25. The van der Waals surface area contributed by atoms with E-state index in [0.29, 0.717) is 11.3 Å². The van der Waals surface area contributed by atoms with Crippen molar-refractivity contribution in [3.8, 4) is 11.5 Å². The summed E-state index contributed by atoms with van der Waals surface area (Å²) in [5, 5.41) is 10.2. The predicted octanol–water partition coefficient (Wildman–Crippen LogP) is 4.07. The van der Waals surface area contributed by atoms with Gasteiger partial charge >= 0.3 is 5.97 Å². The largest absolute Gasteiger partial charge is 0.508 e. The molecule has 0 bridgehead atoms. The minimum absolute atomic E-state index is 0.106. The zero-order valence-corrected chi connectivity index (χ0v) is 14.3. The normalized spacial score (nSPS) is 10.7. The molecule has 6 heteroatoms. The van der Waals surface area contributed by atoms with Crippen LogP contribution in [0.5, 0.6) is 11.5 Å². The monoisotopic (exact) mass is 390 g/mol. The van der Waals surface area contributed by atoms with E-state index in [9.17, 15) is 9.90 Å². The second kappa shape index (κ2) is 7.40. The lowest BCUT2D eigenvalue weighted by molar-refractivity contribution is -0.143. The summed E-state index contributed by atoms with van der Waals surface area (Å²) in [4.78, 5) is 11.9. The average molecular weight is 391 g/mol. The zero-order chi connectivity index (χ0) is 16.9. The van der Waals surface area contributed by atoms with Crippen LogP contribution in [-0.4, -0.2) is 24.3 Å². The van der Waals surface area contributed by atoms with Crippen molar-refractivity contribution in [3.63, 3.8) is 0 Å². The third-order valence-corrected chi connectivity index (χ3v) is 3.88. The number of fused-ring (bicyclic) bond motifs is 1. The number of hydrogen-bond acceptors (Lipinski definition) is 5. The first kappa shape index (κ1) is 16.4. The Morgan fingerprint density at radius 2 is 2.04 bits per heavy atom. The average Bonchev–Trinajstić information content (AvgIpc) is 2.93. The second-order valence-corrected chi connectivity index (χ2v) is 6.06. The van der Waals surface area contributed by atoms with Crippen LogP contribution < -0.4 is 4.74 Å². The summed E-state index contributed by atoms with van der Waals surface area (Å²) in [6.07, 6.45) is 1.61. The first-order valence-electron chi connectivity index (χ1n) is 7.35. The molecule has 0 atom stereocenters. The van der Waals surface area contributed by atoms with E-state index in [2.05, 4.69) is 15.9 Å². The quantitative estimate of drug-likeness (QED) is 0.507. The molecule has 0 spiro atoms. The molecule has 0 radical (unpaired) electrons. The van der Waals surface area contributed by atoms with Crippen LogP contribution in [0.4, 0.5) is 0 Å². The second-order valence-electron chi connectivity index (χ2n) is 5.14.